The molecule has 4 aliphatic rings. The van der Waals surface area contributed by atoms with Gasteiger partial charge in [0.1, 0.15) is 5.41 Å². The highest BCUT2D eigenvalue weighted by Gasteiger charge is 2.64. The molecule has 0 aromatic heterocycles. The zero-order valence-corrected chi connectivity index (χ0v) is 19.5. The molecular formula is C29H19N3O5. The average Bonchev–Trinajstić information content (AvgIpc) is 3.34. The molecule has 180 valence electrons. The highest BCUT2D eigenvalue weighted by molar-refractivity contribution is 6.33. The van der Waals surface area contributed by atoms with Crippen molar-refractivity contribution in [3.05, 3.63) is 116 Å². The molecule has 0 saturated carbocycles. The summed E-state index contributed by atoms with van der Waals surface area (Å²) in [7, 11) is 0. The fourth-order valence-corrected chi connectivity index (χ4v) is 6.31. The quantitative estimate of drug-likeness (QED) is 0.404. The lowest BCUT2D eigenvalue weighted by molar-refractivity contribution is -0.384. The van der Waals surface area contributed by atoms with E-state index in [2.05, 4.69) is 5.32 Å². The average molecular weight is 489 g/mol. The summed E-state index contributed by atoms with van der Waals surface area (Å²) in [5, 5.41) is 15.1. The van der Waals surface area contributed by atoms with E-state index in [0.717, 1.165) is 0 Å². The van der Waals surface area contributed by atoms with Gasteiger partial charge >= 0.3 is 0 Å². The van der Waals surface area contributed by atoms with Gasteiger partial charge in [0.05, 0.1) is 10.6 Å². The van der Waals surface area contributed by atoms with Crippen molar-refractivity contribution in [3.8, 4) is 0 Å². The lowest BCUT2D eigenvalue weighted by Gasteiger charge is -2.37. The number of anilines is 2. The molecule has 1 unspecified atom stereocenters. The van der Waals surface area contributed by atoms with Gasteiger partial charge in [-0.3, -0.25) is 29.4 Å². The first-order valence-corrected chi connectivity index (χ1v) is 12.1. The number of ketones is 2. The highest BCUT2D eigenvalue weighted by Crippen LogP contribution is 2.60. The fourth-order valence-electron chi connectivity index (χ4n) is 6.31. The number of nitro groups is 1. The number of nitrogens with one attached hydrogen (secondary N) is 1. The van der Waals surface area contributed by atoms with Crippen molar-refractivity contribution in [3.63, 3.8) is 0 Å². The van der Waals surface area contributed by atoms with E-state index in [-0.39, 0.29) is 40.4 Å². The standard InChI is InChI=1S/C29H19N3O5/c33-23-12-6-11-22-24(23)29(28(35)31(22)16-7-2-1-3-8-16)20-15-17(32(36)37)13-14-21(20)30-26-18-9-4-5-10-19(18)27(34)25(26)29/h1-5,7-10,13-15,30H,6,11-12H2. The summed E-state index contributed by atoms with van der Waals surface area (Å²) >= 11 is 0. The molecule has 1 amide bonds. The van der Waals surface area contributed by atoms with E-state index in [1.54, 1.807) is 53.4 Å². The van der Waals surface area contributed by atoms with Crippen molar-refractivity contribution in [2.75, 3.05) is 10.2 Å². The molecule has 0 bridgehead atoms. The Labute approximate surface area is 211 Å². The van der Waals surface area contributed by atoms with Gasteiger partial charge in [-0.05, 0) is 31.0 Å². The van der Waals surface area contributed by atoms with Crippen LogP contribution in [0.25, 0.3) is 5.70 Å². The van der Waals surface area contributed by atoms with Crippen LogP contribution in [0.15, 0.2) is 89.6 Å². The van der Waals surface area contributed by atoms with Crippen molar-refractivity contribution in [2.24, 2.45) is 0 Å². The Hall–Kier alpha value is -4.85. The predicted octanol–water partition coefficient (Wildman–Crippen LogP) is 4.92. The van der Waals surface area contributed by atoms with Crippen LogP contribution in [-0.4, -0.2) is 22.4 Å². The molecule has 0 radical (unpaired) electrons. The Morgan fingerprint density at radius 2 is 1.59 bits per heavy atom. The Balaban J connectivity index is 1.62. The van der Waals surface area contributed by atoms with Gasteiger partial charge in [-0.25, -0.2) is 0 Å². The van der Waals surface area contributed by atoms with E-state index in [9.17, 15) is 24.5 Å². The Bertz CT molecular complexity index is 1670. The first-order valence-electron chi connectivity index (χ1n) is 12.1. The van der Waals surface area contributed by atoms with Crippen LogP contribution in [0.4, 0.5) is 17.1 Å². The van der Waals surface area contributed by atoms with Crippen LogP contribution in [-0.2, 0) is 15.0 Å². The van der Waals surface area contributed by atoms with Crippen LogP contribution in [0, 0.1) is 10.1 Å². The highest BCUT2D eigenvalue weighted by atomic mass is 16.6. The molecule has 1 N–H and O–H groups in total. The van der Waals surface area contributed by atoms with E-state index < -0.39 is 16.2 Å². The molecule has 0 saturated heterocycles. The SMILES string of the molecule is O=C1CCCC2=C1C1(C(=O)N2c2ccccc2)C2=C(Nc3ccc([N+](=O)[O-])cc31)c1ccccc1C2=O. The fraction of sp³-hybridized carbons (Fsp3) is 0.138. The summed E-state index contributed by atoms with van der Waals surface area (Å²) < 4.78 is 0. The van der Waals surface area contributed by atoms with E-state index in [4.69, 9.17) is 0 Å². The van der Waals surface area contributed by atoms with Crippen LogP contribution in [0.1, 0.15) is 40.7 Å². The van der Waals surface area contributed by atoms with E-state index in [0.29, 0.717) is 46.7 Å². The second-order valence-electron chi connectivity index (χ2n) is 9.56. The van der Waals surface area contributed by atoms with Gasteiger partial charge in [0.2, 0.25) is 0 Å². The number of para-hydroxylation sites is 1. The van der Waals surface area contributed by atoms with Gasteiger partial charge in [-0.2, -0.15) is 0 Å². The Kier molecular flexibility index (Phi) is 4.25. The predicted molar refractivity (Wildman–Crippen MR) is 136 cm³/mol. The van der Waals surface area contributed by atoms with Gasteiger partial charge in [0.15, 0.2) is 11.6 Å². The molecule has 7 rings (SSSR count). The summed E-state index contributed by atoms with van der Waals surface area (Å²) in [5.41, 5.74) is 1.80. The number of carbonyl (C=O) groups excluding carboxylic acids is 3. The molecule has 2 heterocycles. The van der Waals surface area contributed by atoms with E-state index >= 15 is 0 Å². The third-order valence-electron chi connectivity index (χ3n) is 7.74. The van der Waals surface area contributed by atoms with Crippen molar-refractivity contribution in [2.45, 2.75) is 24.7 Å². The summed E-state index contributed by atoms with van der Waals surface area (Å²) in [4.78, 5) is 55.4. The number of rotatable bonds is 2. The van der Waals surface area contributed by atoms with Crippen LogP contribution >= 0.6 is 0 Å². The second-order valence-corrected chi connectivity index (χ2v) is 9.56. The van der Waals surface area contributed by atoms with Crippen LogP contribution in [0.3, 0.4) is 0 Å². The lowest BCUT2D eigenvalue weighted by atomic mass is 9.63. The molecular weight excluding hydrogens is 470 g/mol. The van der Waals surface area contributed by atoms with Gasteiger partial charge in [0, 0.05) is 63.5 Å². The monoisotopic (exact) mass is 489 g/mol. The van der Waals surface area contributed by atoms with Crippen molar-refractivity contribution >= 4 is 40.2 Å². The number of nitro benzene ring substituents is 1. The smallest absolute Gasteiger partial charge is 0.269 e. The molecule has 8 nitrogen and oxygen atoms in total. The molecule has 3 aromatic carbocycles. The molecule has 1 atom stereocenters. The van der Waals surface area contributed by atoms with Gasteiger partial charge in [-0.1, -0.05) is 42.5 Å². The summed E-state index contributed by atoms with van der Waals surface area (Å²) in [6.45, 7) is 0. The topological polar surface area (TPSA) is 110 Å². The number of hydrogen-bond donors (Lipinski definition) is 1. The third-order valence-corrected chi connectivity index (χ3v) is 7.74. The van der Waals surface area contributed by atoms with Crippen molar-refractivity contribution in [1.82, 2.24) is 0 Å². The first-order chi connectivity index (χ1) is 17.9. The normalized spacial score (nSPS) is 21.6. The molecule has 8 heteroatoms. The van der Waals surface area contributed by atoms with Crippen LogP contribution < -0.4 is 10.2 Å². The maximum Gasteiger partial charge on any atom is 0.269 e. The summed E-state index contributed by atoms with van der Waals surface area (Å²) in [6.07, 6.45) is 1.29. The zero-order valence-electron chi connectivity index (χ0n) is 19.5. The van der Waals surface area contributed by atoms with E-state index in [1.165, 1.54) is 12.1 Å². The molecule has 37 heavy (non-hydrogen) atoms. The van der Waals surface area contributed by atoms with Gasteiger partial charge in [0.25, 0.3) is 11.6 Å². The summed E-state index contributed by atoms with van der Waals surface area (Å²) in [5.74, 6) is -1.04. The van der Waals surface area contributed by atoms with E-state index in [1.807, 2.05) is 12.1 Å². The van der Waals surface area contributed by atoms with Crippen molar-refractivity contribution in [1.29, 1.82) is 0 Å². The van der Waals surface area contributed by atoms with Crippen molar-refractivity contribution < 1.29 is 19.3 Å². The Morgan fingerprint density at radius 1 is 0.865 bits per heavy atom. The largest absolute Gasteiger partial charge is 0.354 e. The molecule has 1 spiro atoms. The zero-order chi connectivity index (χ0) is 25.5. The number of nitrogens with zero attached hydrogens (tertiary/aromatic N) is 2. The summed E-state index contributed by atoms with van der Waals surface area (Å²) in [6, 6.07) is 20.3. The molecule has 2 aliphatic carbocycles. The van der Waals surface area contributed by atoms with Gasteiger partial charge in [-0.15, -0.1) is 0 Å². The first kappa shape index (κ1) is 21.4. The van der Waals surface area contributed by atoms with Crippen LogP contribution in [0.2, 0.25) is 0 Å². The minimum Gasteiger partial charge on any atom is -0.354 e. The number of hydrogen-bond acceptors (Lipinski definition) is 6. The molecule has 0 fully saturated rings. The third kappa shape index (κ3) is 2.59. The number of carbonyl (C=O) groups is 3. The number of allylic oxidation sites excluding steroid dienone is 1. The second kappa shape index (κ2) is 7.33. The number of Topliss-reactive ketones (excluding diaryl/α,β-unsaturated/α-hetero) is 2. The minimum absolute atomic E-state index is 0.160. The molecule has 3 aromatic rings. The maximum absolute atomic E-state index is 14.8. The number of benzene rings is 3. The van der Waals surface area contributed by atoms with Gasteiger partial charge < -0.3 is 5.32 Å². The number of non-ortho nitro benzene ring substituents is 1. The van der Waals surface area contributed by atoms with Crippen LogP contribution in [0.5, 0.6) is 0 Å². The minimum atomic E-state index is -1.79. The Morgan fingerprint density at radius 3 is 2.35 bits per heavy atom. The number of fused-ring (bicyclic) bond motifs is 6. The number of amides is 1. The maximum atomic E-state index is 14.8. The lowest BCUT2D eigenvalue weighted by Crippen LogP contribution is -2.47. The molecule has 2 aliphatic heterocycles.